The average molecular weight is 421 g/mol. The van der Waals surface area contributed by atoms with Crippen LogP contribution in [-0.4, -0.2) is 62.6 Å². The molecule has 29 heavy (non-hydrogen) atoms. The van der Waals surface area contributed by atoms with Crippen molar-refractivity contribution in [3.05, 3.63) is 35.2 Å². The smallest absolute Gasteiger partial charge is 0.243 e. The highest BCUT2D eigenvalue weighted by Gasteiger charge is 2.31. The van der Waals surface area contributed by atoms with Crippen LogP contribution in [0.25, 0.3) is 0 Å². The Kier molecular flexibility index (Phi) is 6.28. The van der Waals surface area contributed by atoms with E-state index < -0.39 is 10.0 Å². The molecule has 0 aliphatic carbocycles. The van der Waals surface area contributed by atoms with E-state index in [4.69, 9.17) is 9.47 Å². The van der Waals surface area contributed by atoms with Gasteiger partial charge in [-0.2, -0.15) is 9.29 Å². The minimum atomic E-state index is -3.60. The fourth-order valence-corrected chi connectivity index (χ4v) is 5.16. The van der Waals surface area contributed by atoms with E-state index in [9.17, 15) is 8.42 Å². The number of sulfonamides is 1. The fraction of sp³-hybridized carbons (Fsp3) is 0.500. The zero-order chi connectivity index (χ0) is 21.2. The number of hydrogen-bond donors (Lipinski definition) is 0. The third kappa shape index (κ3) is 4.45. The Bertz CT molecular complexity index is 986. The molecule has 0 saturated carbocycles. The summed E-state index contributed by atoms with van der Waals surface area (Å²) < 4.78 is 38.8. The van der Waals surface area contributed by atoms with Gasteiger partial charge < -0.3 is 14.4 Å². The van der Waals surface area contributed by atoms with E-state index >= 15 is 0 Å². The van der Waals surface area contributed by atoms with Gasteiger partial charge >= 0.3 is 0 Å². The van der Waals surface area contributed by atoms with Crippen LogP contribution >= 0.6 is 0 Å². The lowest BCUT2D eigenvalue weighted by Crippen LogP contribution is -2.49. The summed E-state index contributed by atoms with van der Waals surface area (Å²) in [5.41, 5.74) is 1.64. The van der Waals surface area contributed by atoms with Crippen molar-refractivity contribution in [1.82, 2.24) is 14.3 Å². The molecule has 1 aromatic heterocycles. The lowest BCUT2D eigenvalue weighted by Gasteiger charge is -2.35. The molecular formula is C20H28N4O4S. The monoisotopic (exact) mass is 420 g/mol. The Balaban J connectivity index is 1.79. The van der Waals surface area contributed by atoms with E-state index in [2.05, 4.69) is 14.9 Å². The maximum Gasteiger partial charge on any atom is 0.243 e. The quantitative estimate of drug-likeness (QED) is 0.709. The molecule has 1 fully saturated rings. The van der Waals surface area contributed by atoms with Gasteiger partial charge in [0.25, 0.3) is 0 Å². The van der Waals surface area contributed by atoms with Crippen molar-refractivity contribution in [3.8, 4) is 11.6 Å². The van der Waals surface area contributed by atoms with Gasteiger partial charge in [-0.05, 0) is 38.8 Å². The van der Waals surface area contributed by atoms with E-state index in [1.165, 1.54) is 4.31 Å². The van der Waals surface area contributed by atoms with E-state index in [0.717, 1.165) is 16.9 Å². The molecule has 1 aliphatic heterocycles. The highest BCUT2D eigenvalue weighted by Crippen LogP contribution is 2.29. The number of nitrogens with zero attached hydrogens (tertiary/aromatic N) is 4. The number of benzene rings is 1. The summed E-state index contributed by atoms with van der Waals surface area (Å²) in [6, 6.07) is 5.27. The van der Waals surface area contributed by atoms with E-state index in [1.54, 1.807) is 19.2 Å². The van der Waals surface area contributed by atoms with Gasteiger partial charge in [0.15, 0.2) is 0 Å². The number of anilines is 1. The zero-order valence-corrected chi connectivity index (χ0v) is 18.4. The number of aromatic nitrogens is 2. The Morgan fingerprint density at radius 3 is 2.31 bits per heavy atom. The summed E-state index contributed by atoms with van der Waals surface area (Å²) in [6.45, 7) is 9.82. The maximum atomic E-state index is 13.2. The van der Waals surface area contributed by atoms with E-state index in [0.29, 0.717) is 55.1 Å². The number of aryl methyl sites for hydroxylation is 3. The molecule has 8 nitrogen and oxygen atoms in total. The van der Waals surface area contributed by atoms with Gasteiger partial charge in [-0.1, -0.05) is 6.07 Å². The summed E-state index contributed by atoms with van der Waals surface area (Å²) in [5, 5.41) is 0. The molecule has 0 unspecified atom stereocenters. The molecular weight excluding hydrogens is 392 g/mol. The van der Waals surface area contributed by atoms with Gasteiger partial charge in [-0.15, -0.1) is 0 Å². The molecule has 0 atom stereocenters. The van der Waals surface area contributed by atoms with Crippen molar-refractivity contribution in [3.63, 3.8) is 0 Å². The fourth-order valence-electron chi connectivity index (χ4n) is 3.52. The predicted molar refractivity (Wildman–Crippen MR) is 111 cm³/mol. The van der Waals surface area contributed by atoms with Gasteiger partial charge in [0.2, 0.25) is 15.9 Å². The Morgan fingerprint density at radius 2 is 1.69 bits per heavy atom. The van der Waals surface area contributed by atoms with Crippen molar-refractivity contribution in [2.24, 2.45) is 0 Å². The van der Waals surface area contributed by atoms with Crippen LogP contribution in [0.2, 0.25) is 0 Å². The predicted octanol–water partition coefficient (Wildman–Crippen LogP) is 2.32. The van der Waals surface area contributed by atoms with Crippen LogP contribution in [0.3, 0.4) is 0 Å². The lowest BCUT2D eigenvalue weighted by atomic mass is 10.1. The summed E-state index contributed by atoms with van der Waals surface area (Å²) in [4.78, 5) is 11.1. The molecule has 2 aromatic rings. The number of hydrogen-bond acceptors (Lipinski definition) is 7. The summed E-state index contributed by atoms with van der Waals surface area (Å²) in [5.74, 6) is 2.50. The van der Waals surface area contributed by atoms with Crippen molar-refractivity contribution in [1.29, 1.82) is 0 Å². The second-order valence-corrected chi connectivity index (χ2v) is 8.93. The van der Waals surface area contributed by atoms with Crippen LogP contribution in [0.5, 0.6) is 11.6 Å². The van der Waals surface area contributed by atoms with Gasteiger partial charge in [0.05, 0.1) is 18.6 Å². The normalized spacial score (nSPS) is 15.4. The average Bonchev–Trinajstić information content (AvgIpc) is 2.68. The van der Waals surface area contributed by atoms with Crippen LogP contribution in [0.1, 0.15) is 23.9 Å². The van der Waals surface area contributed by atoms with Crippen LogP contribution in [0.4, 0.5) is 5.82 Å². The van der Waals surface area contributed by atoms with E-state index in [-0.39, 0.29) is 0 Å². The number of methoxy groups -OCH3 is 1. The summed E-state index contributed by atoms with van der Waals surface area (Å²) in [6.07, 6.45) is 0. The highest BCUT2D eigenvalue weighted by atomic mass is 32.2. The van der Waals surface area contributed by atoms with Gasteiger partial charge in [-0.25, -0.2) is 13.4 Å². The molecule has 0 N–H and O–H groups in total. The number of rotatable bonds is 6. The molecule has 9 heteroatoms. The summed E-state index contributed by atoms with van der Waals surface area (Å²) >= 11 is 0. The van der Waals surface area contributed by atoms with E-state index in [1.807, 2.05) is 33.8 Å². The van der Waals surface area contributed by atoms with Crippen molar-refractivity contribution < 1.29 is 17.9 Å². The molecule has 2 heterocycles. The Hall–Kier alpha value is -2.39. The van der Waals surface area contributed by atoms with Crippen LogP contribution < -0.4 is 14.4 Å². The zero-order valence-electron chi connectivity index (χ0n) is 17.6. The number of ether oxygens (including phenoxy) is 2. The summed E-state index contributed by atoms with van der Waals surface area (Å²) in [7, 11) is -2.05. The van der Waals surface area contributed by atoms with Gasteiger partial charge in [-0.3, -0.25) is 0 Å². The largest absolute Gasteiger partial charge is 0.496 e. The first-order chi connectivity index (χ1) is 13.8. The topological polar surface area (TPSA) is 84.9 Å². The molecule has 1 aromatic carbocycles. The van der Waals surface area contributed by atoms with Crippen molar-refractivity contribution in [2.75, 3.05) is 44.8 Å². The van der Waals surface area contributed by atoms with Crippen molar-refractivity contribution >= 4 is 15.8 Å². The molecule has 0 radical (unpaired) electrons. The molecule has 158 valence electrons. The lowest BCUT2D eigenvalue weighted by molar-refractivity contribution is 0.325. The highest BCUT2D eigenvalue weighted by molar-refractivity contribution is 7.89. The first-order valence-electron chi connectivity index (χ1n) is 9.65. The molecule has 0 bridgehead atoms. The van der Waals surface area contributed by atoms with Gasteiger partial charge in [0.1, 0.15) is 17.4 Å². The SMILES string of the molecule is CCOc1cc(N2CCN(S(=O)(=O)c3cc(OC)c(C)cc3C)CC2)nc(C)n1. The van der Waals surface area contributed by atoms with Crippen molar-refractivity contribution in [2.45, 2.75) is 32.6 Å². The third-order valence-electron chi connectivity index (χ3n) is 4.97. The number of piperazine rings is 1. The molecule has 1 saturated heterocycles. The standard InChI is InChI=1S/C20H28N4O4S/c1-6-28-20-13-19(21-16(4)22-20)23-7-9-24(10-8-23)29(25,26)18-12-17(27-5)14(2)11-15(18)3/h11-13H,6-10H2,1-5H3. The minimum absolute atomic E-state index is 0.296. The first-order valence-corrected chi connectivity index (χ1v) is 11.1. The molecule has 3 rings (SSSR count). The van der Waals surface area contributed by atoms with Gasteiger partial charge in [0, 0.05) is 38.3 Å². The Morgan fingerprint density at radius 1 is 1.00 bits per heavy atom. The maximum absolute atomic E-state index is 13.2. The third-order valence-corrected chi connectivity index (χ3v) is 7.01. The molecule has 1 aliphatic rings. The molecule has 0 amide bonds. The van der Waals surface area contributed by atoms with Crippen LogP contribution in [-0.2, 0) is 10.0 Å². The Labute approximate surface area is 172 Å². The second-order valence-electron chi connectivity index (χ2n) is 7.02. The molecule has 0 spiro atoms. The second kappa shape index (κ2) is 8.54. The first kappa shape index (κ1) is 21.3. The minimum Gasteiger partial charge on any atom is -0.496 e. The van der Waals surface area contributed by atoms with Crippen LogP contribution in [0.15, 0.2) is 23.1 Å². The van der Waals surface area contributed by atoms with Crippen LogP contribution in [0, 0.1) is 20.8 Å².